The molecular weight excluding hydrogens is 202 g/mol. The number of likely N-dealkylation sites (tertiary alicyclic amines) is 1. The van der Waals surface area contributed by atoms with Crippen molar-refractivity contribution in [1.82, 2.24) is 9.47 Å². The van der Waals surface area contributed by atoms with E-state index in [1.54, 1.807) is 28.8 Å². The quantitative estimate of drug-likeness (QED) is 0.737. The lowest BCUT2D eigenvalue weighted by molar-refractivity contribution is 0.0598. The third kappa shape index (κ3) is 1.51. The number of amides is 1. The standard InChI is InChI=1S/C9H12ClN3O/c1-12-3-6(10)2-8(12)9(14)13-4-7(11)5-13/h2-3,7H,4-5,11H2,1H3. The number of halogens is 1. The van der Waals surface area contributed by atoms with Crippen LogP contribution in [0.2, 0.25) is 5.02 Å². The van der Waals surface area contributed by atoms with Crippen molar-refractivity contribution < 1.29 is 4.79 Å². The van der Waals surface area contributed by atoms with Crippen LogP contribution in [0.25, 0.3) is 0 Å². The lowest BCUT2D eigenvalue weighted by atomic mass is 10.1. The molecule has 2 rings (SSSR count). The van der Waals surface area contributed by atoms with E-state index < -0.39 is 0 Å². The molecule has 1 aliphatic heterocycles. The van der Waals surface area contributed by atoms with Crippen LogP contribution in [0, 0.1) is 0 Å². The molecule has 1 amide bonds. The molecule has 5 heteroatoms. The zero-order chi connectivity index (χ0) is 10.3. The molecule has 14 heavy (non-hydrogen) atoms. The summed E-state index contributed by atoms with van der Waals surface area (Å²) in [5.41, 5.74) is 6.21. The molecule has 0 atom stereocenters. The Morgan fingerprint density at radius 2 is 2.29 bits per heavy atom. The number of carbonyl (C=O) groups excluding carboxylic acids is 1. The minimum Gasteiger partial charge on any atom is -0.345 e. The van der Waals surface area contributed by atoms with Gasteiger partial charge in [-0.25, -0.2) is 0 Å². The van der Waals surface area contributed by atoms with Crippen LogP contribution in [-0.4, -0.2) is 34.5 Å². The van der Waals surface area contributed by atoms with Crippen molar-refractivity contribution in [3.8, 4) is 0 Å². The first-order valence-corrected chi connectivity index (χ1v) is 4.82. The second-order valence-corrected chi connectivity index (χ2v) is 4.06. The molecule has 76 valence electrons. The summed E-state index contributed by atoms with van der Waals surface area (Å²) >= 11 is 5.79. The van der Waals surface area contributed by atoms with Gasteiger partial charge in [0.15, 0.2) is 0 Å². The number of rotatable bonds is 1. The van der Waals surface area contributed by atoms with Crippen LogP contribution in [0.15, 0.2) is 12.3 Å². The first-order valence-electron chi connectivity index (χ1n) is 4.44. The van der Waals surface area contributed by atoms with Gasteiger partial charge in [0.1, 0.15) is 5.69 Å². The number of nitrogens with two attached hydrogens (primary N) is 1. The molecule has 1 fully saturated rings. The van der Waals surface area contributed by atoms with Gasteiger partial charge in [0, 0.05) is 32.4 Å². The van der Waals surface area contributed by atoms with Gasteiger partial charge in [0.2, 0.25) is 0 Å². The smallest absolute Gasteiger partial charge is 0.270 e. The highest BCUT2D eigenvalue weighted by molar-refractivity contribution is 6.31. The fraction of sp³-hybridized carbons (Fsp3) is 0.444. The molecule has 2 N–H and O–H groups in total. The lowest BCUT2D eigenvalue weighted by Gasteiger charge is -2.36. The molecule has 1 aromatic heterocycles. The van der Waals surface area contributed by atoms with Crippen molar-refractivity contribution in [1.29, 1.82) is 0 Å². The van der Waals surface area contributed by atoms with E-state index in [-0.39, 0.29) is 11.9 Å². The van der Waals surface area contributed by atoms with Crippen molar-refractivity contribution in [2.75, 3.05) is 13.1 Å². The number of hydrogen-bond donors (Lipinski definition) is 1. The Balaban J connectivity index is 2.15. The zero-order valence-electron chi connectivity index (χ0n) is 7.90. The van der Waals surface area contributed by atoms with Crippen LogP contribution in [0.5, 0.6) is 0 Å². The fourth-order valence-corrected chi connectivity index (χ4v) is 1.83. The van der Waals surface area contributed by atoms with Gasteiger partial charge in [0.25, 0.3) is 5.91 Å². The van der Waals surface area contributed by atoms with Gasteiger partial charge in [-0.3, -0.25) is 4.79 Å². The van der Waals surface area contributed by atoms with Crippen molar-refractivity contribution in [2.45, 2.75) is 6.04 Å². The van der Waals surface area contributed by atoms with E-state index in [0.717, 1.165) is 0 Å². The fourth-order valence-electron chi connectivity index (χ4n) is 1.58. The highest BCUT2D eigenvalue weighted by Gasteiger charge is 2.29. The molecule has 1 aromatic rings. The van der Waals surface area contributed by atoms with Crippen LogP contribution in [0.1, 0.15) is 10.5 Å². The molecule has 0 unspecified atom stereocenters. The Kier molecular flexibility index (Phi) is 2.25. The predicted molar refractivity (Wildman–Crippen MR) is 54.3 cm³/mol. The average molecular weight is 214 g/mol. The average Bonchev–Trinajstić information content (AvgIpc) is 2.39. The molecule has 0 spiro atoms. The zero-order valence-corrected chi connectivity index (χ0v) is 8.66. The summed E-state index contributed by atoms with van der Waals surface area (Å²) in [6.07, 6.45) is 1.72. The molecular formula is C9H12ClN3O. The van der Waals surface area contributed by atoms with Gasteiger partial charge in [-0.1, -0.05) is 11.6 Å². The molecule has 1 aliphatic rings. The van der Waals surface area contributed by atoms with E-state index in [0.29, 0.717) is 23.8 Å². The molecule has 1 saturated heterocycles. The van der Waals surface area contributed by atoms with Gasteiger partial charge in [-0.15, -0.1) is 0 Å². The topological polar surface area (TPSA) is 51.3 Å². The van der Waals surface area contributed by atoms with Crippen LogP contribution >= 0.6 is 11.6 Å². The number of aromatic nitrogens is 1. The maximum atomic E-state index is 11.8. The maximum absolute atomic E-state index is 11.8. The van der Waals surface area contributed by atoms with E-state index in [1.165, 1.54) is 0 Å². The Morgan fingerprint density at radius 1 is 1.64 bits per heavy atom. The third-order valence-corrected chi connectivity index (χ3v) is 2.59. The first kappa shape index (κ1) is 9.55. The molecule has 0 aliphatic carbocycles. The third-order valence-electron chi connectivity index (χ3n) is 2.39. The van der Waals surface area contributed by atoms with Crippen LogP contribution in [0.3, 0.4) is 0 Å². The van der Waals surface area contributed by atoms with Crippen molar-refractivity contribution in [3.05, 3.63) is 23.0 Å². The molecule has 0 aromatic carbocycles. The molecule has 0 radical (unpaired) electrons. The number of nitrogens with zero attached hydrogens (tertiary/aromatic N) is 2. The molecule has 4 nitrogen and oxygen atoms in total. The second kappa shape index (κ2) is 3.29. The number of carbonyl (C=O) groups is 1. The second-order valence-electron chi connectivity index (χ2n) is 3.62. The summed E-state index contributed by atoms with van der Waals surface area (Å²) < 4.78 is 1.73. The van der Waals surface area contributed by atoms with Crippen molar-refractivity contribution in [3.63, 3.8) is 0 Å². The molecule has 2 heterocycles. The molecule has 0 saturated carbocycles. The van der Waals surface area contributed by atoms with Gasteiger partial charge < -0.3 is 15.2 Å². The monoisotopic (exact) mass is 213 g/mol. The van der Waals surface area contributed by atoms with Crippen molar-refractivity contribution in [2.24, 2.45) is 12.8 Å². The number of aryl methyl sites for hydroxylation is 1. The predicted octanol–water partition coefficient (Wildman–Crippen LogP) is 0.462. The number of hydrogen-bond acceptors (Lipinski definition) is 2. The summed E-state index contributed by atoms with van der Waals surface area (Å²) in [5.74, 6) is 0.00102. The largest absolute Gasteiger partial charge is 0.345 e. The van der Waals surface area contributed by atoms with Gasteiger partial charge in [0.05, 0.1) is 5.02 Å². The highest BCUT2D eigenvalue weighted by Crippen LogP contribution is 2.17. The summed E-state index contributed by atoms with van der Waals surface area (Å²) in [6.45, 7) is 1.28. The normalized spacial score (nSPS) is 16.9. The van der Waals surface area contributed by atoms with Crippen LogP contribution in [0.4, 0.5) is 0 Å². The van der Waals surface area contributed by atoms with Gasteiger partial charge >= 0.3 is 0 Å². The Hall–Kier alpha value is -1.00. The van der Waals surface area contributed by atoms with E-state index >= 15 is 0 Å². The van der Waals surface area contributed by atoms with Gasteiger partial charge in [-0.2, -0.15) is 0 Å². The van der Waals surface area contributed by atoms with E-state index in [9.17, 15) is 4.79 Å². The Bertz CT molecular complexity index is 368. The molecule has 0 bridgehead atoms. The van der Waals surface area contributed by atoms with Crippen molar-refractivity contribution >= 4 is 17.5 Å². The Morgan fingerprint density at radius 3 is 2.71 bits per heavy atom. The van der Waals surface area contributed by atoms with Gasteiger partial charge in [-0.05, 0) is 6.07 Å². The summed E-state index contributed by atoms with van der Waals surface area (Å²) in [6, 6.07) is 1.81. The minimum atomic E-state index is 0.00102. The summed E-state index contributed by atoms with van der Waals surface area (Å²) in [7, 11) is 1.80. The highest BCUT2D eigenvalue weighted by atomic mass is 35.5. The van der Waals surface area contributed by atoms with Crippen LogP contribution in [-0.2, 0) is 7.05 Å². The van der Waals surface area contributed by atoms with E-state index in [4.69, 9.17) is 17.3 Å². The SMILES string of the molecule is Cn1cc(Cl)cc1C(=O)N1CC(N)C1. The summed E-state index contributed by atoms with van der Waals surface area (Å²) in [4.78, 5) is 13.5. The summed E-state index contributed by atoms with van der Waals surface area (Å²) in [5, 5.41) is 0.584. The first-order chi connectivity index (χ1) is 6.58. The van der Waals surface area contributed by atoms with E-state index in [2.05, 4.69) is 0 Å². The minimum absolute atomic E-state index is 0.00102. The van der Waals surface area contributed by atoms with E-state index in [1.807, 2.05) is 0 Å². The Labute approximate surface area is 87.2 Å². The lowest BCUT2D eigenvalue weighted by Crippen LogP contribution is -2.58. The van der Waals surface area contributed by atoms with Crippen LogP contribution < -0.4 is 5.73 Å². The maximum Gasteiger partial charge on any atom is 0.270 e.